The van der Waals surface area contributed by atoms with Gasteiger partial charge in [0.05, 0.1) is 44.0 Å². The molecule has 3 aromatic heterocycles. The zero-order valence-electron chi connectivity index (χ0n) is 45.4. The van der Waals surface area contributed by atoms with E-state index in [1.54, 1.807) is 32.9 Å². The van der Waals surface area contributed by atoms with E-state index in [2.05, 4.69) is 15.5 Å². The van der Waals surface area contributed by atoms with Crippen molar-refractivity contribution in [1.29, 1.82) is 0 Å². The minimum atomic E-state index is -1.44. The number of carboxylic acid groups (broad SMARTS) is 1. The number of ether oxygens (including phenoxy) is 4. The first-order valence-electron chi connectivity index (χ1n) is 23.9. The molecule has 424 valence electrons. The molecule has 27 heteroatoms. The summed E-state index contributed by atoms with van der Waals surface area (Å²) in [5.74, 6) is 0.654. The summed E-state index contributed by atoms with van der Waals surface area (Å²) in [6.07, 6.45) is -0.00970. The number of nitro groups is 3. The summed E-state index contributed by atoms with van der Waals surface area (Å²) in [7, 11) is 0. The van der Waals surface area contributed by atoms with Crippen molar-refractivity contribution in [2.45, 2.75) is 60.5 Å². The predicted octanol–water partition coefficient (Wildman–Crippen LogP) is 9.03. The second kappa shape index (κ2) is 28.0. The zero-order chi connectivity index (χ0) is 58.9. The predicted molar refractivity (Wildman–Crippen MR) is 293 cm³/mol. The molecule has 0 aliphatic rings. The van der Waals surface area contributed by atoms with E-state index in [1.807, 2.05) is 45.9 Å². The summed E-state index contributed by atoms with van der Waals surface area (Å²) < 4.78 is 38.4. The number of carboxylic acids is 1. The Kier molecular flexibility index (Phi) is 21.8. The normalized spacial score (nSPS) is 10.5. The third-order valence-electron chi connectivity index (χ3n) is 11.1. The van der Waals surface area contributed by atoms with Crippen LogP contribution in [0.1, 0.15) is 59.2 Å². The summed E-state index contributed by atoms with van der Waals surface area (Å²) in [6.45, 7) is 13.0. The number of aromatic nitrogens is 3. The fourth-order valence-corrected chi connectivity index (χ4v) is 7.79. The van der Waals surface area contributed by atoms with E-state index in [9.17, 15) is 55.3 Å². The van der Waals surface area contributed by atoms with E-state index < -0.39 is 32.3 Å². The number of hydrogen-bond donors (Lipinski definition) is 3. The van der Waals surface area contributed by atoms with Crippen LogP contribution in [0.3, 0.4) is 0 Å². The van der Waals surface area contributed by atoms with Gasteiger partial charge in [-0.05, 0) is 119 Å². The number of nitrogens with zero attached hydrogens (tertiary/aromatic N) is 6. The van der Waals surface area contributed by atoms with E-state index in [-0.39, 0.29) is 139 Å². The number of nitro benzene ring substituents is 3. The summed E-state index contributed by atoms with van der Waals surface area (Å²) in [5, 5.41) is 73.9. The molecule has 0 spiro atoms. The van der Waals surface area contributed by atoms with Crippen LogP contribution in [0.2, 0.25) is 0 Å². The second-order valence-electron chi connectivity index (χ2n) is 18.7. The molecule has 0 unspecified atom stereocenters. The number of rotatable bonds is 15. The van der Waals surface area contributed by atoms with Crippen LogP contribution >= 0.6 is 12.4 Å². The van der Waals surface area contributed by atoms with Crippen LogP contribution in [-0.4, -0.2) is 58.0 Å². The summed E-state index contributed by atoms with van der Waals surface area (Å²) in [6, 6.07) is 30.9. The number of hydrogen-bond acceptors (Lipinski definition) is 22. The molecular weight excluding hydrogens is 1130 g/mol. The molecule has 0 aliphatic heterocycles. The molecule has 0 saturated heterocycles. The average molecular weight is 1180 g/mol. The van der Waals surface area contributed by atoms with Crippen molar-refractivity contribution >= 4 is 47.2 Å². The van der Waals surface area contributed by atoms with Gasteiger partial charge in [-0.25, -0.2) is 0 Å². The van der Waals surface area contributed by atoms with E-state index in [0.29, 0.717) is 45.6 Å². The van der Waals surface area contributed by atoms with Crippen molar-refractivity contribution in [3.63, 3.8) is 0 Å². The van der Waals surface area contributed by atoms with Crippen molar-refractivity contribution in [2.24, 2.45) is 0 Å². The number of carbonyl (C=O) groups is 2. The maximum absolute atomic E-state index is 12.1. The van der Waals surface area contributed by atoms with Gasteiger partial charge in [0.15, 0.2) is 23.1 Å². The number of esters is 1. The Bertz CT molecular complexity index is 3800. The first-order chi connectivity index (χ1) is 38.3. The van der Waals surface area contributed by atoms with Crippen molar-refractivity contribution in [3.05, 3.63) is 191 Å². The molecule has 3 heterocycles. The van der Waals surface area contributed by atoms with Gasteiger partial charge < -0.3 is 58.4 Å². The molecule has 25 nitrogen and oxygen atoms in total. The Hall–Kier alpha value is -9.18. The maximum atomic E-state index is 12.1. The Morgan fingerprint density at radius 1 is 0.566 bits per heavy atom. The molecule has 0 atom stereocenters. The van der Waals surface area contributed by atoms with Crippen LogP contribution in [0.25, 0.3) is 34.0 Å². The maximum Gasteiger partial charge on any atom is 1.00 e. The van der Waals surface area contributed by atoms with Crippen molar-refractivity contribution in [2.75, 3.05) is 5.73 Å². The number of benzene rings is 6. The summed E-state index contributed by atoms with van der Waals surface area (Å²) >= 11 is 0. The number of nitrogen functional groups attached to an aromatic ring is 1. The number of nitrogens with two attached hydrogens (primary N) is 1. The fourth-order valence-electron chi connectivity index (χ4n) is 7.79. The molecule has 0 saturated carbocycles. The topological polar surface area (TPSA) is 368 Å². The van der Waals surface area contributed by atoms with E-state index in [0.717, 1.165) is 28.3 Å². The van der Waals surface area contributed by atoms with Crippen LogP contribution < -0.4 is 76.4 Å². The number of phenols is 2. The largest absolute Gasteiger partial charge is 1.00 e. The molecular formula is C56H49ClKN7O18. The number of anilines is 1. The first kappa shape index (κ1) is 64.6. The number of non-ortho nitro benzene ring substituents is 3. The van der Waals surface area contributed by atoms with Crippen LogP contribution in [0.4, 0.5) is 22.9 Å². The molecule has 6 aromatic carbocycles. The second-order valence-corrected chi connectivity index (χ2v) is 18.7. The summed E-state index contributed by atoms with van der Waals surface area (Å²) in [4.78, 5) is 53.8. The Labute approximate surface area is 519 Å². The van der Waals surface area contributed by atoms with Crippen LogP contribution in [0, 0.1) is 58.0 Å². The van der Waals surface area contributed by atoms with Gasteiger partial charge >= 0.3 is 57.4 Å². The van der Waals surface area contributed by atoms with Gasteiger partial charge in [0.1, 0.15) is 62.9 Å². The molecule has 0 aliphatic carbocycles. The Morgan fingerprint density at radius 3 is 1.35 bits per heavy atom. The van der Waals surface area contributed by atoms with E-state index in [4.69, 9.17) is 38.3 Å². The molecule has 83 heavy (non-hydrogen) atoms. The molecule has 0 bridgehead atoms. The number of halogens is 1. The van der Waals surface area contributed by atoms with Gasteiger partial charge in [-0.15, -0.1) is 12.4 Å². The first-order valence-corrected chi connectivity index (χ1v) is 23.9. The van der Waals surface area contributed by atoms with Gasteiger partial charge in [-0.1, -0.05) is 27.6 Å². The summed E-state index contributed by atoms with van der Waals surface area (Å²) in [5.41, 5.74) is 9.84. The van der Waals surface area contributed by atoms with E-state index >= 15 is 0 Å². The SMILES string of the molecule is Cc1cc(C)c(-c2cc(C(=O)[O-])no2)c(Oc2ccc([N+](=O)[O-])cc2)c1.Cc1cc(C)c(-c2cc(CC(=O)OC(C)(C)C)no2)c(Oc2ccc([N+](=O)[O-])cc2)c1.Cl.Nc1cc(-c2c(O)cc(O)cc2Oc2ccc([N+](=O)[O-])cc2)on1.[K+]. The van der Waals surface area contributed by atoms with Crippen LogP contribution in [-0.2, 0) is 16.0 Å². The van der Waals surface area contributed by atoms with Crippen molar-refractivity contribution in [1.82, 2.24) is 15.5 Å². The molecule has 9 aromatic rings. The Balaban J connectivity index is 0.000000227. The molecule has 0 radical (unpaired) electrons. The quantitative estimate of drug-likeness (QED) is 0.0373. The van der Waals surface area contributed by atoms with Crippen LogP contribution in [0.15, 0.2) is 141 Å². The van der Waals surface area contributed by atoms with E-state index in [1.165, 1.54) is 91.0 Å². The third kappa shape index (κ3) is 17.4. The minimum absolute atomic E-state index is 0. The number of phenolic OH excluding ortho intramolecular Hbond substituents is 2. The fraction of sp³-hybridized carbons (Fsp3) is 0.161. The minimum Gasteiger partial charge on any atom is -0.543 e. The van der Waals surface area contributed by atoms with Gasteiger partial charge in [-0.2, -0.15) is 0 Å². The molecule has 0 amide bonds. The molecule has 0 fully saturated rings. The van der Waals surface area contributed by atoms with Crippen LogP contribution in [0.5, 0.6) is 46.0 Å². The number of aromatic hydroxyl groups is 2. The Morgan fingerprint density at radius 2 is 0.964 bits per heavy atom. The number of carbonyl (C=O) groups excluding carboxylic acids is 2. The van der Waals surface area contributed by atoms with Crippen molar-refractivity contribution in [3.8, 4) is 80.0 Å². The third-order valence-corrected chi connectivity index (χ3v) is 11.1. The molecule has 9 rings (SSSR count). The van der Waals surface area contributed by atoms with Crippen molar-refractivity contribution < 1.29 is 124 Å². The van der Waals surface area contributed by atoms with Gasteiger partial charge in [-0.3, -0.25) is 35.1 Å². The number of aryl methyl sites for hydroxylation is 4. The molecule has 4 N–H and O–H groups in total. The smallest absolute Gasteiger partial charge is 0.543 e. The standard InChI is InChI=1S/C23H24N2O6.C18H14N2O6.C15H11N3O6.ClH.K/c1-14-10-15(2)22(19(11-14)29-18-8-6-17(7-9-18)25(27)28)20-12-16(24-31-20)13-21(26)30-23(3,4)5;1-10-7-11(2)17(16-9-14(18(21)22)19-26-16)15(8-10)25-13-5-3-12(4-6-13)20(23)24;16-14-7-13(24-17-14)15-11(20)5-9(19)6-12(15)23-10-3-1-8(2-4-10)18(21)22;;/h6-12H,13H2,1-5H3;3-9H,1-2H3,(H,21,22);1-7,19-20H,(H2,16,17);1H;/q;;;;+1/p-1. The average Bonchev–Trinajstić information content (AvgIpc) is 4.38. The van der Waals surface area contributed by atoms with Gasteiger partial charge in [0.25, 0.3) is 17.1 Å². The number of aromatic carboxylic acids is 1. The van der Waals surface area contributed by atoms with Gasteiger partial charge in [0, 0.05) is 66.7 Å². The van der Waals surface area contributed by atoms with Gasteiger partial charge in [0.2, 0.25) is 0 Å². The monoisotopic (exact) mass is 1180 g/mol. The zero-order valence-corrected chi connectivity index (χ0v) is 49.4.